The summed E-state index contributed by atoms with van der Waals surface area (Å²) in [6.07, 6.45) is 3.76. The van der Waals surface area contributed by atoms with Crippen molar-refractivity contribution in [3.05, 3.63) is 58.6 Å². The average Bonchev–Trinajstić information content (AvgIpc) is 2.68. The number of nitrogens with one attached hydrogen (secondary N) is 2. The van der Waals surface area contributed by atoms with Crippen LogP contribution in [-0.2, 0) is 4.79 Å². The van der Waals surface area contributed by atoms with Crippen molar-refractivity contribution in [2.24, 2.45) is 0 Å². The summed E-state index contributed by atoms with van der Waals surface area (Å²) in [5.41, 5.74) is 2.62. The van der Waals surface area contributed by atoms with Gasteiger partial charge in [-0.2, -0.15) is 0 Å². The molecule has 1 heterocycles. The fourth-order valence-corrected chi connectivity index (χ4v) is 3.00. The van der Waals surface area contributed by atoms with Crippen molar-refractivity contribution in [2.45, 2.75) is 19.3 Å². The van der Waals surface area contributed by atoms with Gasteiger partial charge >= 0.3 is 0 Å². The number of amides is 1. The highest BCUT2D eigenvalue weighted by molar-refractivity contribution is 5.93. The van der Waals surface area contributed by atoms with Gasteiger partial charge in [0.25, 0.3) is 5.69 Å². The van der Waals surface area contributed by atoms with Crippen LogP contribution in [0.4, 0.5) is 22.7 Å². The lowest BCUT2D eigenvalue weighted by Crippen LogP contribution is -2.29. The Morgan fingerprint density at radius 1 is 0.962 bits per heavy atom. The molecule has 7 nitrogen and oxygen atoms in total. The van der Waals surface area contributed by atoms with E-state index in [-0.39, 0.29) is 18.1 Å². The summed E-state index contributed by atoms with van der Waals surface area (Å²) < 4.78 is 0. The van der Waals surface area contributed by atoms with Crippen LogP contribution in [0.2, 0.25) is 0 Å². The van der Waals surface area contributed by atoms with E-state index in [1.54, 1.807) is 12.1 Å². The molecule has 1 fully saturated rings. The minimum Gasteiger partial charge on any atom is -0.376 e. The number of anilines is 3. The molecule has 1 aliphatic rings. The summed E-state index contributed by atoms with van der Waals surface area (Å²) in [6, 6.07) is 13.9. The van der Waals surface area contributed by atoms with Crippen LogP contribution in [0.3, 0.4) is 0 Å². The van der Waals surface area contributed by atoms with Gasteiger partial charge in [0, 0.05) is 42.3 Å². The topological polar surface area (TPSA) is 87.5 Å². The van der Waals surface area contributed by atoms with E-state index in [1.807, 2.05) is 24.3 Å². The zero-order chi connectivity index (χ0) is 18.4. The third-order valence-electron chi connectivity index (χ3n) is 4.40. The first-order valence-corrected chi connectivity index (χ1v) is 8.75. The number of nitrogens with zero attached hydrogens (tertiary/aromatic N) is 2. The summed E-state index contributed by atoms with van der Waals surface area (Å²) in [7, 11) is 0. The van der Waals surface area contributed by atoms with Crippen LogP contribution in [0, 0.1) is 10.1 Å². The van der Waals surface area contributed by atoms with E-state index < -0.39 is 4.92 Å². The molecule has 0 radical (unpaired) electrons. The summed E-state index contributed by atoms with van der Waals surface area (Å²) in [4.78, 5) is 24.6. The van der Waals surface area contributed by atoms with Crippen LogP contribution >= 0.6 is 0 Å². The van der Waals surface area contributed by atoms with Gasteiger partial charge in [-0.25, -0.2) is 0 Å². The molecule has 2 N–H and O–H groups in total. The Hall–Kier alpha value is -3.09. The number of non-ortho nitro benzene ring substituents is 1. The third kappa shape index (κ3) is 4.72. The van der Waals surface area contributed by atoms with E-state index in [2.05, 4.69) is 15.5 Å². The molecule has 26 heavy (non-hydrogen) atoms. The second-order valence-electron chi connectivity index (χ2n) is 6.30. The molecule has 1 saturated heterocycles. The molecular formula is C19H22N4O3. The molecule has 1 aliphatic heterocycles. The Morgan fingerprint density at radius 3 is 2.19 bits per heavy atom. The van der Waals surface area contributed by atoms with E-state index in [4.69, 9.17) is 0 Å². The molecule has 136 valence electrons. The average molecular weight is 354 g/mol. The van der Waals surface area contributed by atoms with Gasteiger partial charge in [0.2, 0.25) is 5.91 Å². The number of hydrogen-bond donors (Lipinski definition) is 2. The number of nitro benzene ring substituents is 1. The molecule has 3 rings (SSSR count). The van der Waals surface area contributed by atoms with Gasteiger partial charge in [0.1, 0.15) is 0 Å². The van der Waals surface area contributed by atoms with Crippen LogP contribution in [0.15, 0.2) is 48.5 Å². The fraction of sp³-hybridized carbons (Fsp3) is 0.316. The van der Waals surface area contributed by atoms with E-state index in [0.717, 1.165) is 18.8 Å². The molecule has 2 aromatic carbocycles. The summed E-state index contributed by atoms with van der Waals surface area (Å²) in [5, 5.41) is 16.4. The van der Waals surface area contributed by atoms with Gasteiger partial charge in [-0.05, 0) is 55.7 Å². The Bertz CT molecular complexity index is 753. The maximum absolute atomic E-state index is 12.1. The monoisotopic (exact) mass is 354 g/mol. The minimum atomic E-state index is -0.454. The molecule has 0 bridgehead atoms. The fourth-order valence-electron chi connectivity index (χ4n) is 3.00. The number of benzene rings is 2. The van der Waals surface area contributed by atoms with Crippen molar-refractivity contribution in [1.29, 1.82) is 0 Å². The Kier molecular flexibility index (Phi) is 5.68. The van der Waals surface area contributed by atoms with Crippen LogP contribution in [0.25, 0.3) is 0 Å². The lowest BCUT2D eigenvalue weighted by atomic mass is 10.1. The molecule has 0 spiro atoms. The van der Waals surface area contributed by atoms with E-state index in [9.17, 15) is 14.9 Å². The van der Waals surface area contributed by atoms with E-state index in [1.165, 1.54) is 37.1 Å². The minimum absolute atomic E-state index is 0.0220. The standard InChI is InChI=1S/C19H22N4O3/c24-19(14-20-15-4-10-18(11-5-15)23(25)26)21-16-6-8-17(9-7-16)22-12-2-1-3-13-22/h4-11,20H,1-3,12-14H2,(H,21,24). The second kappa shape index (κ2) is 8.33. The number of nitro groups is 1. The van der Waals surface area contributed by atoms with Crippen molar-refractivity contribution in [1.82, 2.24) is 0 Å². The number of carbonyl (C=O) groups excluding carboxylic acids is 1. The number of piperidine rings is 1. The number of rotatable bonds is 6. The first kappa shape index (κ1) is 17.7. The predicted octanol–water partition coefficient (Wildman–Crippen LogP) is 3.64. The lowest BCUT2D eigenvalue weighted by Gasteiger charge is -2.28. The Morgan fingerprint density at radius 2 is 1.58 bits per heavy atom. The third-order valence-corrected chi connectivity index (χ3v) is 4.40. The van der Waals surface area contributed by atoms with Gasteiger partial charge in [-0.3, -0.25) is 14.9 Å². The zero-order valence-electron chi connectivity index (χ0n) is 14.5. The van der Waals surface area contributed by atoms with Crippen molar-refractivity contribution >= 4 is 28.7 Å². The highest BCUT2D eigenvalue weighted by atomic mass is 16.6. The van der Waals surface area contributed by atoms with E-state index in [0.29, 0.717) is 5.69 Å². The summed E-state index contributed by atoms with van der Waals surface area (Å²) >= 11 is 0. The van der Waals surface area contributed by atoms with Gasteiger partial charge in [0.05, 0.1) is 11.5 Å². The van der Waals surface area contributed by atoms with E-state index >= 15 is 0 Å². The van der Waals surface area contributed by atoms with Gasteiger partial charge in [-0.15, -0.1) is 0 Å². The maximum atomic E-state index is 12.1. The van der Waals surface area contributed by atoms with Gasteiger partial charge < -0.3 is 15.5 Å². The summed E-state index contributed by atoms with van der Waals surface area (Å²) in [5.74, 6) is -0.172. The molecule has 0 unspecified atom stereocenters. The van der Waals surface area contributed by atoms with Crippen molar-refractivity contribution < 1.29 is 9.72 Å². The lowest BCUT2D eigenvalue weighted by molar-refractivity contribution is -0.384. The second-order valence-corrected chi connectivity index (χ2v) is 6.30. The SMILES string of the molecule is O=C(CNc1ccc([N+](=O)[O-])cc1)Nc1ccc(N2CCCCC2)cc1. The van der Waals surface area contributed by atoms with Crippen molar-refractivity contribution in [3.63, 3.8) is 0 Å². The van der Waals surface area contributed by atoms with Crippen LogP contribution in [0.5, 0.6) is 0 Å². The molecule has 7 heteroatoms. The zero-order valence-corrected chi connectivity index (χ0v) is 14.5. The first-order valence-electron chi connectivity index (χ1n) is 8.75. The molecule has 0 atom stereocenters. The smallest absolute Gasteiger partial charge is 0.269 e. The predicted molar refractivity (Wildman–Crippen MR) is 103 cm³/mol. The van der Waals surface area contributed by atoms with Crippen molar-refractivity contribution in [2.75, 3.05) is 35.2 Å². The maximum Gasteiger partial charge on any atom is 0.269 e. The highest BCUT2D eigenvalue weighted by Gasteiger charge is 2.11. The quantitative estimate of drug-likeness (QED) is 0.611. The Labute approximate surface area is 152 Å². The molecule has 0 saturated carbocycles. The first-order chi connectivity index (χ1) is 12.6. The molecule has 1 amide bonds. The van der Waals surface area contributed by atoms with Crippen LogP contribution < -0.4 is 15.5 Å². The van der Waals surface area contributed by atoms with Crippen LogP contribution in [0.1, 0.15) is 19.3 Å². The van der Waals surface area contributed by atoms with Gasteiger partial charge in [0.15, 0.2) is 0 Å². The molecular weight excluding hydrogens is 332 g/mol. The number of hydrogen-bond acceptors (Lipinski definition) is 5. The Balaban J connectivity index is 1.49. The van der Waals surface area contributed by atoms with Crippen LogP contribution in [-0.4, -0.2) is 30.5 Å². The number of carbonyl (C=O) groups is 1. The van der Waals surface area contributed by atoms with Crippen molar-refractivity contribution in [3.8, 4) is 0 Å². The molecule has 2 aromatic rings. The summed E-state index contributed by atoms with van der Waals surface area (Å²) in [6.45, 7) is 2.27. The largest absolute Gasteiger partial charge is 0.376 e. The molecule has 0 aliphatic carbocycles. The molecule has 0 aromatic heterocycles. The van der Waals surface area contributed by atoms with Gasteiger partial charge in [-0.1, -0.05) is 0 Å². The highest BCUT2D eigenvalue weighted by Crippen LogP contribution is 2.22. The normalized spacial score (nSPS) is 13.9.